The molecule has 0 spiro atoms. The Labute approximate surface area is 205 Å². The molecule has 2 fully saturated rings. The smallest absolute Gasteiger partial charge is 0.407 e. The van der Waals surface area contributed by atoms with E-state index in [0.29, 0.717) is 12.8 Å². The molecular weight excluding hydrogens is 444 g/mol. The van der Waals surface area contributed by atoms with Crippen molar-refractivity contribution in [1.29, 1.82) is 0 Å². The number of benzene rings is 2. The molecule has 3 aliphatic carbocycles. The molecule has 35 heavy (non-hydrogen) atoms. The number of fused-ring (bicyclic) bond motifs is 3. The second-order valence-electron chi connectivity index (χ2n) is 10.1. The van der Waals surface area contributed by atoms with Crippen LogP contribution in [0.25, 0.3) is 11.1 Å². The molecule has 0 bridgehead atoms. The first kappa shape index (κ1) is 23.4. The Kier molecular flexibility index (Phi) is 6.75. The van der Waals surface area contributed by atoms with Gasteiger partial charge in [0, 0.05) is 23.9 Å². The minimum absolute atomic E-state index is 0.00704. The summed E-state index contributed by atoms with van der Waals surface area (Å²) < 4.78 is 5.65. The van der Waals surface area contributed by atoms with Gasteiger partial charge in [-0.3, -0.25) is 9.59 Å². The normalized spacial score (nSPS) is 25.0. The molecule has 3 N–H and O–H groups in total. The van der Waals surface area contributed by atoms with Gasteiger partial charge >= 0.3 is 12.1 Å². The van der Waals surface area contributed by atoms with Gasteiger partial charge in [-0.05, 0) is 60.3 Å². The highest BCUT2D eigenvalue weighted by Crippen LogP contribution is 2.44. The number of carbonyl (C=O) groups is 3. The number of aliphatic carboxylic acids is 1. The molecule has 5 rings (SSSR count). The summed E-state index contributed by atoms with van der Waals surface area (Å²) in [6.07, 6.45) is 4.27. The van der Waals surface area contributed by atoms with E-state index in [9.17, 15) is 14.4 Å². The predicted octanol–water partition coefficient (Wildman–Crippen LogP) is 4.45. The van der Waals surface area contributed by atoms with Crippen molar-refractivity contribution in [2.45, 2.75) is 62.9 Å². The third-order valence-electron chi connectivity index (χ3n) is 7.89. The Bertz CT molecular complexity index is 1070. The fourth-order valence-electron chi connectivity index (χ4n) is 6.15. The fourth-order valence-corrected chi connectivity index (χ4v) is 6.15. The zero-order valence-corrected chi connectivity index (χ0v) is 19.7. The van der Waals surface area contributed by atoms with Crippen molar-refractivity contribution >= 4 is 18.0 Å². The predicted molar refractivity (Wildman–Crippen MR) is 131 cm³/mol. The lowest BCUT2D eigenvalue weighted by atomic mass is 9.98. The lowest BCUT2D eigenvalue weighted by molar-refractivity contribution is -0.138. The van der Waals surface area contributed by atoms with E-state index >= 15 is 0 Å². The number of carbonyl (C=O) groups excluding carboxylic acids is 2. The molecule has 0 heterocycles. The third kappa shape index (κ3) is 5.04. The van der Waals surface area contributed by atoms with Crippen LogP contribution in [0.3, 0.4) is 0 Å². The van der Waals surface area contributed by atoms with Crippen LogP contribution in [0.15, 0.2) is 48.5 Å². The Hall–Kier alpha value is -3.35. The largest absolute Gasteiger partial charge is 0.481 e. The molecular formula is C28H32N2O5. The molecule has 0 aliphatic heterocycles. The van der Waals surface area contributed by atoms with E-state index in [1.807, 2.05) is 24.3 Å². The van der Waals surface area contributed by atoms with Gasteiger partial charge in [0.1, 0.15) is 6.61 Å². The minimum atomic E-state index is -0.815. The van der Waals surface area contributed by atoms with Crippen LogP contribution in [0.4, 0.5) is 4.79 Å². The van der Waals surface area contributed by atoms with Crippen LogP contribution in [-0.2, 0) is 14.3 Å². The SMILES string of the molecule is O=C(O)C[C@@H]1CCC[C@H]1NC(=O)[C@@H]1CC[C@H](NC(=O)OCC2c3ccccc3-c3ccccc32)C1. The molecule has 0 radical (unpaired) electrons. The van der Waals surface area contributed by atoms with E-state index < -0.39 is 12.1 Å². The van der Waals surface area contributed by atoms with Crippen molar-refractivity contribution in [1.82, 2.24) is 10.6 Å². The molecule has 0 aromatic heterocycles. The van der Waals surface area contributed by atoms with Gasteiger partial charge in [-0.1, -0.05) is 55.0 Å². The molecule has 7 heteroatoms. The Morgan fingerprint density at radius 3 is 2.26 bits per heavy atom. The van der Waals surface area contributed by atoms with Gasteiger partial charge < -0.3 is 20.5 Å². The van der Waals surface area contributed by atoms with Gasteiger partial charge in [0.15, 0.2) is 0 Å². The molecule has 2 aromatic carbocycles. The molecule has 0 unspecified atom stereocenters. The lowest BCUT2D eigenvalue weighted by Gasteiger charge is -2.22. The van der Waals surface area contributed by atoms with Gasteiger partial charge in [0.2, 0.25) is 5.91 Å². The van der Waals surface area contributed by atoms with Gasteiger partial charge in [-0.15, -0.1) is 0 Å². The van der Waals surface area contributed by atoms with E-state index in [4.69, 9.17) is 9.84 Å². The summed E-state index contributed by atoms with van der Waals surface area (Å²) in [6, 6.07) is 16.3. The fraction of sp³-hybridized carbons (Fsp3) is 0.464. The molecule has 2 aromatic rings. The maximum absolute atomic E-state index is 12.8. The topological polar surface area (TPSA) is 105 Å². The van der Waals surface area contributed by atoms with Crippen molar-refractivity contribution in [3.8, 4) is 11.1 Å². The number of carboxylic acid groups (broad SMARTS) is 1. The van der Waals surface area contributed by atoms with Gasteiger partial charge in [-0.2, -0.15) is 0 Å². The first-order chi connectivity index (χ1) is 17.0. The summed E-state index contributed by atoms with van der Waals surface area (Å²) in [5.74, 6) is -0.985. The summed E-state index contributed by atoms with van der Waals surface area (Å²) in [6.45, 7) is 0.267. The van der Waals surface area contributed by atoms with E-state index in [1.54, 1.807) is 0 Å². The number of hydrogen-bond acceptors (Lipinski definition) is 4. The second kappa shape index (κ2) is 10.1. The molecule has 4 atom stereocenters. The van der Waals surface area contributed by atoms with Gasteiger partial charge in [-0.25, -0.2) is 4.79 Å². The summed E-state index contributed by atoms with van der Waals surface area (Å²) >= 11 is 0. The van der Waals surface area contributed by atoms with Crippen LogP contribution >= 0.6 is 0 Å². The van der Waals surface area contributed by atoms with Crippen LogP contribution in [-0.4, -0.2) is 41.8 Å². The highest BCUT2D eigenvalue weighted by Gasteiger charge is 2.36. The number of ether oxygens (including phenoxy) is 1. The van der Waals surface area contributed by atoms with Crippen LogP contribution in [0, 0.1) is 11.8 Å². The van der Waals surface area contributed by atoms with E-state index in [1.165, 1.54) is 22.3 Å². The highest BCUT2D eigenvalue weighted by molar-refractivity contribution is 5.80. The quantitative estimate of drug-likeness (QED) is 0.548. The van der Waals surface area contributed by atoms with Crippen molar-refractivity contribution in [3.05, 3.63) is 59.7 Å². The Morgan fingerprint density at radius 2 is 1.57 bits per heavy atom. The van der Waals surface area contributed by atoms with E-state index in [2.05, 4.69) is 34.9 Å². The number of amides is 2. The first-order valence-electron chi connectivity index (χ1n) is 12.6. The molecule has 2 amide bonds. The molecule has 7 nitrogen and oxygen atoms in total. The molecule has 0 saturated heterocycles. The summed E-state index contributed by atoms with van der Waals surface area (Å²) in [5.41, 5.74) is 4.73. The third-order valence-corrected chi connectivity index (χ3v) is 7.89. The van der Waals surface area contributed by atoms with Crippen molar-refractivity contribution < 1.29 is 24.2 Å². The van der Waals surface area contributed by atoms with Crippen molar-refractivity contribution in [2.75, 3.05) is 6.61 Å². The van der Waals surface area contributed by atoms with Crippen molar-refractivity contribution in [3.63, 3.8) is 0 Å². The molecule has 3 aliphatic rings. The number of nitrogens with one attached hydrogen (secondary N) is 2. The van der Waals surface area contributed by atoms with Gasteiger partial charge in [0.05, 0.1) is 6.42 Å². The number of rotatable bonds is 7. The monoisotopic (exact) mass is 476 g/mol. The molecule has 2 saturated carbocycles. The number of alkyl carbamates (subject to hydrolysis) is 1. The van der Waals surface area contributed by atoms with E-state index in [0.717, 1.165) is 25.7 Å². The number of hydrogen-bond donors (Lipinski definition) is 3. The highest BCUT2D eigenvalue weighted by atomic mass is 16.5. The maximum atomic E-state index is 12.8. The molecule has 184 valence electrons. The van der Waals surface area contributed by atoms with Crippen molar-refractivity contribution in [2.24, 2.45) is 11.8 Å². The summed E-state index contributed by atoms with van der Waals surface area (Å²) in [4.78, 5) is 36.5. The number of carboxylic acids is 1. The maximum Gasteiger partial charge on any atom is 0.407 e. The van der Waals surface area contributed by atoms with E-state index in [-0.39, 0.29) is 48.8 Å². The van der Waals surface area contributed by atoms with Crippen LogP contribution in [0.2, 0.25) is 0 Å². The van der Waals surface area contributed by atoms with Crippen LogP contribution in [0.5, 0.6) is 0 Å². The second-order valence-corrected chi connectivity index (χ2v) is 10.1. The Morgan fingerprint density at radius 1 is 0.886 bits per heavy atom. The zero-order chi connectivity index (χ0) is 24.4. The average Bonchev–Trinajstić information content (AvgIpc) is 3.56. The summed E-state index contributed by atoms with van der Waals surface area (Å²) in [7, 11) is 0. The van der Waals surface area contributed by atoms with Crippen LogP contribution < -0.4 is 10.6 Å². The minimum Gasteiger partial charge on any atom is -0.481 e. The Balaban J connectivity index is 1.11. The summed E-state index contributed by atoms with van der Waals surface area (Å²) in [5, 5.41) is 15.1. The average molecular weight is 477 g/mol. The zero-order valence-electron chi connectivity index (χ0n) is 19.7. The standard InChI is InChI=1S/C28H32N2O5/c31-26(32)15-17-6-5-11-25(17)30-27(33)18-12-13-19(14-18)29-28(34)35-16-24-22-9-3-1-7-20(22)21-8-2-4-10-23(21)24/h1-4,7-10,17-19,24-25H,5-6,11-16H2,(H,29,34)(H,30,33)(H,31,32)/t17-,18+,19-,25+/m0/s1. The first-order valence-corrected chi connectivity index (χ1v) is 12.6. The van der Waals surface area contributed by atoms with Gasteiger partial charge in [0.25, 0.3) is 0 Å². The lowest BCUT2D eigenvalue weighted by Crippen LogP contribution is -2.41. The van der Waals surface area contributed by atoms with Crippen LogP contribution in [0.1, 0.15) is 62.0 Å².